The van der Waals surface area contributed by atoms with E-state index >= 15 is 0 Å². The predicted molar refractivity (Wildman–Crippen MR) is 70.2 cm³/mol. The normalized spacial score (nSPS) is 22.6. The first-order valence-electron chi connectivity index (χ1n) is 6.94. The Hall–Kier alpha value is -2.16. The van der Waals surface area contributed by atoms with E-state index in [9.17, 15) is 9.59 Å². The standard InChI is InChI=1S/C12H17N5O4/c13-10-9(14-21-15-10)12(19)17-5-3-16(4-6-17)11(18)8-2-1-7-20-8/h8H,1-7H2,(H2,13,15). The van der Waals surface area contributed by atoms with Gasteiger partial charge in [0.1, 0.15) is 6.10 Å². The van der Waals surface area contributed by atoms with Crippen molar-refractivity contribution >= 4 is 17.6 Å². The Bertz CT molecular complexity index is 532. The van der Waals surface area contributed by atoms with Crippen LogP contribution in [0.3, 0.4) is 0 Å². The molecule has 2 aliphatic heterocycles. The minimum Gasteiger partial charge on any atom is -0.379 e. The van der Waals surface area contributed by atoms with Crippen LogP contribution in [0.5, 0.6) is 0 Å². The fraction of sp³-hybridized carbons (Fsp3) is 0.667. The maximum atomic E-state index is 12.2. The second-order valence-corrected chi connectivity index (χ2v) is 5.12. The lowest BCUT2D eigenvalue weighted by Gasteiger charge is -2.35. The molecule has 21 heavy (non-hydrogen) atoms. The van der Waals surface area contributed by atoms with Gasteiger partial charge in [-0.2, -0.15) is 0 Å². The van der Waals surface area contributed by atoms with Crippen LogP contribution in [0.4, 0.5) is 5.82 Å². The summed E-state index contributed by atoms with van der Waals surface area (Å²) in [6.07, 6.45) is 1.38. The van der Waals surface area contributed by atoms with E-state index in [1.165, 1.54) is 0 Å². The Kier molecular flexibility index (Phi) is 3.74. The van der Waals surface area contributed by atoms with E-state index in [1.54, 1.807) is 9.80 Å². The highest BCUT2D eigenvalue weighted by atomic mass is 16.6. The zero-order chi connectivity index (χ0) is 14.8. The summed E-state index contributed by atoms with van der Waals surface area (Å²) in [5.74, 6) is -0.321. The highest BCUT2D eigenvalue weighted by Gasteiger charge is 2.32. The Balaban J connectivity index is 1.56. The van der Waals surface area contributed by atoms with Gasteiger partial charge in [-0.3, -0.25) is 9.59 Å². The molecule has 0 aromatic carbocycles. The van der Waals surface area contributed by atoms with Crippen molar-refractivity contribution in [3.63, 3.8) is 0 Å². The molecule has 1 aromatic rings. The van der Waals surface area contributed by atoms with Gasteiger partial charge in [0.2, 0.25) is 11.5 Å². The molecular weight excluding hydrogens is 278 g/mol. The molecule has 3 rings (SSSR count). The summed E-state index contributed by atoms with van der Waals surface area (Å²) in [7, 11) is 0. The Morgan fingerprint density at radius 3 is 2.43 bits per heavy atom. The van der Waals surface area contributed by atoms with Crippen LogP contribution in [-0.4, -0.2) is 70.8 Å². The molecule has 2 saturated heterocycles. The molecule has 0 spiro atoms. The molecule has 1 unspecified atom stereocenters. The molecule has 0 bridgehead atoms. The zero-order valence-electron chi connectivity index (χ0n) is 11.5. The molecular formula is C12H17N5O4. The topological polar surface area (TPSA) is 115 Å². The third-order valence-corrected chi connectivity index (χ3v) is 3.80. The molecule has 2 aliphatic rings. The number of hydrogen-bond donors (Lipinski definition) is 1. The molecule has 0 radical (unpaired) electrons. The summed E-state index contributed by atoms with van der Waals surface area (Å²) in [6.45, 7) is 2.48. The summed E-state index contributed by atoms with van der Waals surface area (Å²) in [4.78, 5) is 27.7. The summed E-state index contributed by atoms with van der Waals surface area (Å²) in [6, 6.07) is 0. The number of rotatable bonds is 2. The third kappa shape index (κ3) is 2.68. The molecule has 2 fully saturated rings. The van der Waals surface area contributed by atoms with E-state index in [1.807, 2.05) is 0 Å². The van der Waals surface area contributed by atoms with Crippen molar-refractivity contribution in [2.45, 2.75) is 18.9 Å². The van der Waals surface area contributed by atoms with E-state index in [-0.39, 0.29) is 29.4 Å². The van der Waals surface area contributed by atoms with E-state index in [0.29, 0.717) is 32.8 Å². The number of aromatic nitrogens is 2. The number of carbonyl (C=O) groups is 2. The molecule has 9 nitrogen and oxygen atoms in total. The Morgan fingerprint density at radius 2 is 1.86 bits per heavy atom. The van der Waals surface area contributed by atoms with Gasteiger partial charge in [0, 0.05) is 32.8 Å². The van der Waals surface area contributed by atoms with Gasteiger partial charge in [0.05, 0.1) is 0 Å². The van der Waals surface area contributed by atoms with Gasteiger partial charge >= 0.3 is 0 Å². The van der Waals surface area contributed by atoms with E-state index in [2.05, 4.69) is 14.9 Å². The second kappa shape index (κ2) is 5.68. The van der Waals surface area contributed by atoms with Crippen molar-refractivity contribution in [1.82, 2.24) is 20.1 Å². The molecule has 9 heteroatoms. The van der Waals surface area contributed by atoms with Crippen LogP contribution in [0.15, 0.2) is 4.63 Å². The molecule has 0 aliphatic carbocycles. The number of amides is 2. The van der Waals surface area contributed by atoms with Crippen molar-refractivity contribution < 1.29 is 19.0 Å². The van der Waals surface area contributed by atoms with E-state index in [4.69, 9.17) is 10.5 Å². The molecule has 3 heterocycles. The average Bonchev–Trinajstić information content (AvgIpc) is 3.17. The molecule has 0 saturated carbocycles. The number of carbonyl (C=O) groups excluding carboxylic acids is 2. The van der Waals surface area contributed by atoms with Gasteiger partial charge < -0.3 is 20.3 Å². The largest absolute Gasteiger partial charge is 0.379 e. The fourth-order valence-electron chi connectivity index (χ4n) is 2.60. The van der Waals surface area contributed by atoms with Crippen molar-refractivity contribution in [2.24, 2.45) is 0 Å². The van der Waals surface area contributed by atoms with Crippen molar-refractivity contribution in [3.8, 4) is 0 Å². The maximum Gasteiger partial charge on any atom is 0.280 e. The van der Waals surface area contributed by atoms with Crippen molar-refractivity contribution in [3.05, 3.63) is 5.69 Å². The predicted octanol–water partition coefficient (Wildman–Crippen LogP) is -0.885. The van der Waals surface area contributed by atoms with Crippen molar-refractivity contribution in [1.29, 1.82) is 0 Å². The Morgan fingerprint density at radius 1 is 1.14 bits per heavy atom. The number of ether oxygens (including phenoxy) is 1. The summed E-state index contributed by atoms with van der Waals surface area (Å²) >= 11 is 0. The van der Waals surface area contributed by atoms with E-state index < -0.39 is 0 Å². The van der Waals surface area contributed by atoms with Crippen LogP contribution in [0.1, 0.15) is 23.3 Å². The SMILES string of the molecule is Nc1nonc1C(=O)N1CCN(C(=O)C2CCCO2)CC1. The lowest BCUT2D eigenvalue weighted by molar-refractivity contribution is -0.142. The zero-order valence-corrected chi connectivity index (χ0v) is 11.5. The number of nitrogens with zero attached hydrogens (tertiary/aromatic N) is 4. The number of hydrogen-bond acceptors (Lipinski definition) is 7. The van der Waals surface area contributed by atoms with Crippen LogP contribution in [-0.2, 0) is 9.53 Å². The quantitative estimate of drug-likeness (QED) is 0.753. The van der Waals surface area contributed by atoms with Gasteiger partial charge in [0.15, 0.2) is 0 Å². The van der Waals surface area contributed by atoms with Crippen LogP contribution < -0.4 is 5.73 Å². The molecule has 114 valence electrons. The number of anilines is 1. The fourth-order valence-corrected chi connectivity index (χ4v) is 2.60. The number of nitrogens with two attached hydrogens (primary N) is 1. The second-order valence-electron chi connectivity index (χ2n) is 5.12. The average molecular weight is 295 g/mol. The molecule has 1 aromatic heterocycles. The van der Waals surface area contributed by atoms with Crippen LogP contribution in [0, 0.1) is 0 Å². The highest BCUT2D eigenvalue weighted by Crippen LogP contribution is 2.17. The van der Waals surface area contributed by atoms with Gasteiger partial charge in [-0.25, -0.2) is 4.63 Å². The molecule has 2 N–H and O–H groups in total. The van der Waals surface area contributed by atoms with Gasteiger partial charge in [-0.1, -0.05) is 0 Å². The minimum atomic E-state index is -0.321. The van der Waals surface area contributed by atoms with Crippen LogP contribution >= 0.6 is 0 Å². The first-order valence-corrected chi connectivity index (χ1v) is 6.94. The summed E-state index contributed by atoms with van der Waals surface area (Å²) < 4.78 is 9.83. The first kappa shape index (κ1) is 13.8. The molecule has 1 atom stereocenters. The lowest BCUT2D eigenvalue weighted by atomic mass is 10.2. The first-order chi connectivity index (χ1) is 10.2. The number of nitrogen functional groups attached to an aromatic ring is 1. The van der Waals surface area contributed by atoms with Gasteiger partial charge in [-0.05, 0) is 23.2 Å². The van der Waals surface area contributed by atoms with Crippen LogP contribution in [0.2, 0.25) is 0 Å². The lowest BCUT2D eigenvalue weighted by Crippen LogP contribution is -2.52. The van der Waals surface area contributed by atoms with Gasteiger partial charge in [-0.15, -0.1) is 0 Å². The smallest absolute Gasteiger partial charge is 0.280 e. The van der Waals surface area contributed by atoms with Crippen molar-refractivity contribution in [2.75, 3.05) is 38.5 Å². The summed E-state index contributed by atoms with van der Waals surface area (Å²) in [5, 5.41) is 6.90. The minimum absolute atomic E-state index is 0.0159. The van der Waals surface area contributed by atoms with Crippen LogP contribution in [0.25, 0.3) is 0 Å². The highest BCUT2D eigenvalue weighted by molar-refractivity contribution is 5.96. The summed E-state index contributed by atoms with van der Waals surface area (Å²) in [5.41, 5.74) is 5.53. The maximum absolute atomic E-state index is 12.2. The monoisotopic (exact) mass is 295 g/mol. The third-order valence-electron chi connectivity index (χ3n) is 3.80. The molecule has 2 amide bonds. The number of piperazine rings is 1. The van der Waals surface area contributed by atoms with Gasteiger partial charge in [0.25, 0.3) is 11.8 Å². The van der Waals surface area contributed by atoms with E-state index in [0.717, 1.165) is 12.8 Å². The Labute approximate surface area is 121 Å².